The number of hydrogen-bond donors (Lipinski definition) is 2. The van der Waals surface area contributed by atoms with Crippen molar-refractivity contribution in [1.82, 2.24) is 14.8 Å². The van der Waals surface area contributed by atoms with Gasteiger partial charge in [0, 0.05) is 38.1 Å². The lowest BCUT2D eigenvalue weighted by Crippen LogP contribution is -2.52. The summed E-state index contributed by atoms with van der Waals surface area (Å²) in [5.41, 5.74) is 5.27. The van der Waals surface area contributed by atoms with Crippen LogP contribution in [0, 0.1) is 0 Å². The number of nitrogens with two attached hydrogens (primary N) is 1. The van der Waals surface area contributed by atoms with Gasteiger partial charge in [-0.15, -0.1) is 11.3 Å². The number of rotatable bonds is 3. The van der Waals surface area contributed by atoms with E-state index in [2.05, 4.69) is 9.88 Å². The topological polar surface area (TPSA) is 82.7 Å². The number of aliphatic hydroxyl groups is 1. The van der Waals surface area contributed by atoms with Crippen LogP contribution in [0.3, 0.4) is 0 Å². The highest BCUT2D eigenvalue weighted by Gasteiger charge is 2.26. The zero-order valence-corrected chi connectivity index (χ0v) is 12.1. The van der Waals surface area contributed by atoms with Crippen LogP contribution in [0.2, 0.25) is 0 Å². The van der Waals surface area contributed by atoms with Crippen molar-refractivity contribution in [3.63, 3.8) is 0 Å². The zero-order chi connectivity index (χ0) is 14.0. The molecule has 0 bridgehead atoms. The molecule has 1 aliphatic heterocycles. The first kappa shape index (κ1) is 14.2. The second-order valence-electron chi connectivity index (χ2n) is 5.45. The van der Waals surface area contributed by atoms with Crippen molar-refractivity contribution in [3.8, 4) is 0 Å². The fourth-order valence-corrected chi connectivity index (χ4v) is 2.74. The molecule has 0 radical (unpaired) electrons. The summed E-state index contributed by atoms with van der Waals surface area (Å²) in [6, 6.07) is 0. The molecule has 19 heavy (non-hydrogen) atoms. The molecule has 1 fully saturated rings. The second-order valence-corrected chi connectivity index (χ2v) is 6.34. The standard InChI is InChI=1S/C12H20N4O2S/c1-12(2,18)8-15-3-5-16(6-4-15)10(17)9-7-19-11(13)14-9/h7,18H,3-6,8H2,1-2H3,(H2,13,14). The summed E-state index contributed by atoms with van der Waals surface area (Å²) in [5, 5.41) is 11.9. The first-order valence-corrected chi connectivity index (χ1v) is 7.18. The average Bonchev–Trinajstić information content (AvgIpc) is 2.74. The summed E-state index contributed by atoms with van der Waals surface area (Å²) in [7, 11) is 0. The average molecular weight is 284 g/mol. The lowest BCUT2D eigenvalue weighted by molar-refractivity contribution is 0.0177. The number of nitrogen functional groups attached to an aromatic ring is 1. The predicted octanol–water partition coefficient (Wildman–Crippen LogP) is 0.254. The van der Waals surface area contributed by atoms with Crippen molar-refractivity contribution < 1.29 is 9.90 Å². The Balaban J connectivity index is 1.88. The minimum Gasteiger partial charge on any atom is -0.389 e. The molecule has 2 heterocycles. The Morgan fingerprint density at radius 1 is 1.47 bits per heavy atom. The third-order valence-corrected chi connectivity index (χ3v) is 3.69. The van der Waals surface area contributed by atoms with Gasteiger partial charge in [0.05, 0.1) is 5.60 Å². The largest absolute Gasteiger partial charge is 0.389 e. The first-order chi connectivity index (χ1) is 8.85. The SMILES string of the molecule is CC(C)(O)CN1CCN(C(=O)c2csc(N)n2)CC1. The number of carbonyl (C=O) groups excluding carboxylic acids is 1. The van der Waals surface area contributed by atoms with Gasteiger partial charge in [-0.1, -0.05) is 0 Å². The summed E-state index contributed by atoms with van der Waals surface area (Å²) in [4.78, 5) is 20.1. The van der Waals surface area contributed by atoms with Gasteiger partial charge >= 0.3 is 0 Å². The molecule has 0 aliphatic carbocycles. The number of β-amino-alcohol motifs (C(OH)–C–C–N with tert-alkyl or cyclic N) is 1. The fraction of sp³-hybridized carbons (Fsp3) is 0.667. The van der Waals surface area contributed by atoms with Crippen LogP contribution in [0.4, 0.5) is 5.13 Å². The molecule has 1 saturated heterocycles. The number of amides is 1. The highest BCUT2D eigenvalue weighted by molar-refractivity contribution is 7.13. The van der Waals surface area contributed by atoms with Gasteiger partial charge in [-0.2, -0.15) is 0 Å². The summed E-state index contributed by atoms with van der Waals surface area (Å²) >= 11 is 1.28. The molecule has 6 nitrogen and oxygen atoms in total. The van der Waals surface area contributed by atoms with Gasteiger partial charge in [0.1, 0.15) is 5.69 Å². The smallest absolute Gasteiger partial charge is 0.273 e. The predicted molar refractivity (Wildman–Crippen MR) is 75.2 cm³/mol. The van der Waals surface area contributed by atoms with Crippen molar-refractivity contribution >= 4 is 22.4 Å². The Hall–Kier alpha value is -1.18. The van der Waals surface area contributed by atoms with Crippen molar-refractivity contribution in [1.29, 1.82) is 0 Å². The van der Waals surface area contributed by atoms with Crippen LogP contribution in [0.25, 0.3) is 0 Å². The maximum atomic E-state index is 12.2. The van der Waals surface area contributed by atoms with Gasteiger partial charge in [0.25, 0.3) is 5.91 Å². The lowest BCUT2D eigenvalue weighted by Gasteiger charge is -2.37. The monoisotopic (exact) mass is 284 g/mol. The Labute approximate surface area is 116 Å². The van der Waals surface area contributed by atoms with E-state index in [1.807, 2.05) is 0 Å². The number of piperazine rings is 1. The molecule has 0 atom stereocenters. The molecule has 0 unspecified atom stereocenters. The van der Waals surface area contributed by atoms with Crippen molar-refractivity contribution in [2.24, 2.45) is 0 Å². The molecule has 0 saturated carbocycles. The van der Waals surface area contributed by atoms with Crippen LogP contribution in [0.1, 0.15) is 24.3 Å². The molecule has 2 rings (SSSR count). The third kappa shape index (κ3) is 3.89. The summed E-state index contributed by atoms with van der Waals surface area (Å²) in [6.07, 6.45) is 0. The second kappa shape index (κ2) is 5.44. The molecule has 3 N–H and O–H groups in total. The zero-order valence-electron chi connectivity index (χ0n) is 11.3. The molecule has 1 aromatic heterocycles. The summed E-state index contributed by atoms with van der Waals surface area (Å²) < 4.78 is 0. The first-order valence-electron chi connectivity index (χ1n) is 6.30. The van der Waals surface area contributed by atoms with E-state index >= 15 is 0 Å². The highest BCUT2D eigenvalue weighted by atomic mass is 32.1. The number of nitrogens with zero attached hydrogens (tertiary/aromatic N) is 3. The number of thiazole rings is 1. The van der Waals surface area contributed by atoms with E-state index in [1.54, 1.807) is 24.1 Å². The number of carbonyl (C=O) groups is 1. The number of hydrogen-bond acceptors (Lipinski definition) is 6. The van der Waals surface area contributed by atoms with Crippen molar-refractivity contribution in [2.75, 3.05) is 38.5 Å². The van der Waals surface area contributed by atoms with E-state index in [-0.39, 0.29) is 5.91 Å². The molecule has 1 aliphatic rings. The lowest BCUT2D eigenvalue weighted by atomic mass is 10.1. The van der Waals surface area contributed by atoms with Gasteiger partial charge in [-0.05, 0) is 13.8 Å². The van der Waals surface area contributed by atoms with Crippen LogP contribution < -0.4 is 5.73 Å². The molecule has 7 heteroatoms. The van der Waals surface area contributed by atoms with E-state index in [0.717, 1.165) is 13.1 Å². The molecular weight excluding hydrogens is 264 g/mol. The fourth-order valence-electron chi connectivity index (χ4n) is 2.20. The normalized spacial score (nSPS) is 17.7. The van der Waals surface area contributed by atoms with Crippen LogP contribution in [-0.4, -0.2) is 64.1 Å². The molecular formula is C12H20N4O2S. The minimum atomic E-state index is -0.699. The van der Waals surface area contributed by atoms with E-state index in [1.165, 1.54) is 11.3 Å². The van der Waals surface area contributed by atoms with Gasteiger partial charge in [-0.3, -0.25) is 9.69 Å². The number of anilines is 1. The Morgan fingerprint density at radius 3 is 2.58 bits per heavy atom. The summed E-state index contributed by atoms with van der Waals surface area (Å²) in [5.74, 6) is -0.0594. The quantitative estimate of drug-likeness (QED) is 0.831. The van der Waals surface area contributed by atoms with E-state index in [0.29, 0.717) is 30.5 Å². The molecule has 106 valence electrons. The summed E-state index contributed by atoms with van der Waals surface area (Å²) in [6.45, 7) is 7.08. The van der Waals surface area contributed by atoms with E-state index in [4.69, 9.17) is 5.73 Å². The van der Waals surface area contributed by atoms with E-state index in [9.17, 15) is 9.90 Å². The van der Waals surface area contributed by atoms with Crippen LogP contribution in [0.5, 0.6) is 0 Å². The van der Waals surface area contributed by atoms with Gasteiger partial charge < -0.3 is 15.7 Å². The maximum Gasteiger partial charge on any atom is 0.273 e. The molecule has 1 aromatic rings. The third-order valence-electron chi connectivity index (χ3n) is 3.01. The Bertz CT molecular complexity index is 447. The van der Waals surface area contributed by atoms with Gasteiger partial charge in [0.15, 0.2) is 5.13 Å². The highest BCUT2D eigenvalue weighted by Crippen LogP contribution is 2.15. The van der Waals surface area contributed by atoms with Crippen molar-refractivity contribution in [2.45, 2.75) is 19.4 Å². The van der Waals surface area contributed by atoms with Gasteiger partial charge in [-0.25, -0.2) is 4.98 Å². The Kier molecular flexibility index (Phi) is 4.07. The van der Waals surface area contributed by atoms with Crippen LogP contribution in [0.15, 0.2) is 5.38 Å². The Morgan fingerprint density at radius 2 is 2.11 bits per heavy atom. The van der Waals surface area contributed by atoms with Crippen LogP contribution >= 0.6 is 11.3 Å². The molecule has 0 spiro atoms. The molecule has 1 amide bonds. The maximum absolute atomic E-state index is 12.2. The van der Waals surface area contributed by atoms with Crippen LogP contribution in [-0.2, 0) is 0 Å². The van der Waals surface area contributed by atoms with Gasteiger partial charge in [0.2, 0.25) is 0 Å². The van der Waals surface area contributed by atoms with Crippen molar-refractivity contribution in [3.05, 3.63) is 11.1 Å². The minimum absolute atomic E-state index is 0.0594. The molecule has 0 aromatic carbocycles. The van der Waals surface area contributed by atoms with E-state index < -0.39 is 5.60 Å². The number of aromatic nitrogens is 1.